The molecule has 1 aliphatic heterocycles. The van der Waals surface area contributed by atoms with Crippen molar-refractivity contribution in [2.75, 3.05) is 13.1 Å². The fourth-order valence-electron chi connectivity index (χ4n) is 2.78. The zero-order valence-corrected chi connectivity index (χ0v) is 15.5. The summed E-state index contributed by atoms with van der Waals surface area (Å²) in [6.07, 6.45) is 0.0955. The molecule has 138 valence electrons. The first-order valence-corrected chi connectivity index (χ1v) is 8.70. The molecule has 1 aromatic carbocycles. The SMILES string of the molecule is CC(NC(=O)OC(C)(C)C)C1CCN(C(=O)OCc2ccccc2)C1. The van der Waals surface area contributed by atoms with Crippen LogP contribution < -0.4 is 5.32 Å². The van der Waals surface area contributed by atoms with Crippen molar-refractivity contribution in [3.8, 4) is 0 Å². The summed E-state index contributed by atoms with van der Waals surface area (Å²) in [5, 5.41) is 2.86. The highest BCUT2D eigenvalue weighted by molar-refractivity contribution is 5.69. The van der Waals surface area contributed by atoms with Crippen LogP contribution in [0.1, 0.15) is 39.7 Å². The molecule has 2 atom stereocenters. The average molecular weight is 348 g/mol. The van der Waals surface area contributed by atoms with Gasteiger partial charge in [0.2, 0.25) is 0 Å². The van der Waals surface area contributed by atoms with Crippen LogP contribution in [0.3, 0.4) is 0 Å². The van der Waals surface area contributed by atoms with Gasteiger partial charge in [-0.25, -0.2) is 9.59 Å². The standard InChI is InChI=1S/C19H28N2O4/c1-14(20-17(22)25-19(2,3)4)16-10-11-21(12-16)18(23)24-13-15-8-6-5-7-9-15/h5-9,14,16H,10-13H2,1-4H3,(H,20,22). The molecule has 0 aliphatic carbocycles. The highest BCUT2D eigenvalue weighted by atomic mass is 16.6. The van der Waals surface area contributed by atoms with Gasteiger partial charge in [0.25, 0.3) is 0 Å². The number of likely N-dealkylation sites (tertiary alicyclic amines) is 1. The van der Waals surface area contributed by atoms with E-state index >= 15 is 0 Å². The van der Waals surface area contributed by atoms with Gasteiger partial charge in [-0.3, -0.25) is 0 Å². The average Bonchev–Trinajstić information content (AvgIpc) is 3.02. The van der Waals surface area contributed by atoms with Crippen molar-refractivity contribution < 1.29 is 19.1 Å². The monoisotopic (exact) mass is 348 g/mol. The first kappa shape index (κ1) is 19.1. The fraction of sp³-hybridized carbons (Fsp3) is 0.579. The minimum Gasteiger partial charge on any atom is -0.445 e. The third-order valence-electron chi connectivity index (χ3n) is 4.14. The largest absolute Gasteiger partial charge is 0.445 e. The lowest BCUT2D eigenvalue weighted by molar-refractivity contribution is 0.0492. The second-order valence-corrected chi connectivity index (χ2v) is 7.47. The van der Waals surface area contributed by atoms with E-state index in [9.17, 15) is 9.59 Å². The third-order valence-corrected chi connectivity index (χ3v) is 4.14. The van der Waals surface area contributed by atoms with E-state index in [-0.39, 0.29) is 24.7 Å². The second-order valence-electron chi connectivity index (χ2n) is 7.47. The first-order chi connectivity index (χ1) is 11.7. The maximum atomic E-state index is 12.2. The molecule has 6 nitrogen and oxygen atoms in total. The van der Waals surface area contributed by atoms with Crippen molar-refractivity contribution in [3.05, 3.63) is 35.9 Å². The Bertz CT molecular complexity index is 583. The lowest BCUT2D eigenvalue weighted by Crippen LogP contribution is -2.42. The molecule has 0 bridgehead atoms. The Balaban J connectivity index is 1.76. The van der Waals surface area contributed by atoms with Gasteiger partial charge >= 0.3 is 12.2 Å². The van der Waals surface area contributed by atoms with Gasteiger partial charge in [0, 0.05) is 19.1 Å². The van der Waals surface area contributed by atoms with E-state index in [0.29, 0.717) is 13.1 Å². The molecular weight excluding hydrogens is 320 g/mol. The van der Waals surface area contributed by atoms with E-state index in [1.54, 1.807) is 4.90 Å². The van der Waals surface area contributed by atoms with Gasteiger partial charge in [-0.1, -0.05) is 30.3 Å². The number of amides is 2. The molecule has 1 fully saturated rings. The van der Waals surface area contributed by atoms with Crippen molar-refractivity contribution in [1.82, 2.24) is 10.2 Å². The van der Waals surface area contributed by atoms with Crippen molar-refractivity contribution in [1.29, 1.82) is 0 Å². The van der Waals surface area contributed by atoms with Crippen LogP contribution in [0.4, 0.5) is 9.59 Å². The van der Waals surface area contributed by atoms with Crippen LogP contribution in [0, 0.1) is 5.92 Å². The number of carbonyl (C=O) groups is 2. The van der Waals surface area contributed by atoms with Crippen LogP contribution in [-0.2, 0) is 16.1 Å². The number of hydrogen-bond donors (Lipinski definition) is 1. The number of alkyl carbamates (subject to hydrolysis) is 1. The molecule has 1 saturated heterocycles. The summed E-state index contributed by atoms with van der Waals surface area (Å²) in [6.45, 7) is 8.91. The molecule has 0 aromatic heterocycles. The normalized spacial score (nSPS) is 18.6. The summed E-state index contributed by atoms with van der Waals surface area (Å²) < 4.78 is 10.6. The molecule has 25 heavy (non-hydrogen) atoms. The predicted octanol–water partition coefficient (Wildman–Crippen LogP) is 3.56. The third kappa shape index (κ3) is 6.29. The summed E-state index contributed by atoms with van der Waals surface area (Å²) in [4.78, 5) is 25.7. The molecule has 2 amide bonds. The minimum absolute atomic E-state index is 0.0678. The number of nitrogens with zero attached hydrogens (tertiary/aromatic N) is 1. The molecule has 0 spiro atoms. The lowest BCUT2D eigenvalue weighted by atomic mass is 10.0. The van der Waals surface area contributed by atoms with Gasteiger partial charge in [0.05, 0.1) is 0 Å². The topological polar surface area (TPSA) is 67.9 Å². The molecule has 1 heterocycles. The van der Waals surface area contributed by atoms with Gasteiger partial charge in [-0.05, 0) is 45.6 Å². The molecule has 1 aromatic rings. The van der Waals surface area contributed by atoms with E-state index < -0.39 is 11.7 Å². The van der Waals surface area contributed by atoms with Crippen LogP contribution >= 0.6 is 0 Å². The number of carbonyl (C=O) groups excluding carboxylic acids is 2. The summed E-state index contributed by atoms with van der Waals surface area (Å²) >= 11 is 0. The molecular formula is C19H28N2O4. The van der Waals surface area contributed by atoms with Crippen molar-refractivity contribution in [2.45, 2.75) is 52.4 Å². The molecule has 2 rings (SSSR count). The zero-order chi connectivity index (χ0) is 18.4. The number of rotatable bonds is 4. The maximum Gasteiger partial charge on any atom is 0.410 e. The number of ether oxygens (including phenoxy) is 2. The van der Waals surface area contributed by atoms with Crippen LogP contribution in [0.2, 0.25) is 0 Å². The zero-order valence-electron chi connectivity index (χ0n) is 15.5. The second kappa shape index (κ2) is 8.23. The van der Waals surface area contributed by atoms with Crippen LogP contribution in [0.5, 0.6) is 0 Å². The van der Waals surface area contributed by atoms with Crippen LogP contribution in [0.25, 0.3) is 0 Å². The first-order valence-electron chi connectivity index (χ1n) is 8.70. The minimum atomic E-state index is -0.521. The lowest BCUT2D eigenvalue weighted by Gasteiger charge is -2.24. The van der Waals surface area contributed by atoms with Gasteiger partial charge in [0.1, 0.15) is 12.2 Å². The summed E-state index contributed by atoms with van der Waals surface area (Å²) in [5.41, 5.74) is 0.443. The van der Waals surface area contributed by atoms with E-state index in [0.717, 1.165) is 12.0 Å². The van der Waals surface area contributed by atoms with Gasteiger partial charge in [0.15, 0.2) is 0 Å². The molecule has 1 aliphatic rings. The van der Waals surface area contributed by atoms with E-state index in [4.69, 9.17) is 9.47 Å². The van der Waals surface area contributed by atoms with Gasteiger partial charge in [-0.15, -0.1) is 0 Å². The van der Waals surface area contributed by atoms with Gasteiger partial charge < -0.3 is 19.7 Å². The van der Waals surface area contributed by atoms with Crippen molar-refractivity contribution >= 4 is 12.2 Å². The van der Waals surface area contributed by atoms with Crippen molar-refractivity contribution in [2.24, 2.45) is 5.92 Å². The van der Waals surface area contributed by atoms with Crippen LogP contribution in [-0.4, -0.2) is 41.8 Å². The quantitative estimate of drug-likeness (QED) is 0.903. The number of nitrogens with one attached hydrogen (secondary N) is 1. The molecule has 1 N–H and O–H groups in total. The Morgan fingerprint density at radius 3 is 2.60 bits per heavy atom. The fourth-order valence-corrected chi connectivity index (χ4v) is 2.78. The summed E-state index contributed by atoms with van der Waals surface area (Å²) in [5.74, 6) is 0.191. The molecule has 2 unspecified atom stereocenters. The van der Waals surface area contributed by atoms with E-state index in [1.807, 2.05) is 58.0 Å². The Kier molecular flexibility index (Phi) is 6.28. The summed E-state index contributed by atoms with van der Waals surface area (Å²) in [6, 6.07) is 9.54. The van der Waals surface area contributed by atoms with E-state index in [2.05, 4.69) is 5.32 Å². The number of hydrogen-bond acceptors (Lipinski definition) is 4. The Labute approximate surface area is 149 Å². The Morgan fingerprint density at radius 1 is 1.28 bits per heavy atom. The maximum absolute atomic E-state index is 12.2. The Morgan fingerprint density at radius 2 is 1.96 bits per heavy atom. The predicted molar refractivity (Wildman–Crippen MR) is 95.1 cm³/mol. The van der Waals surface area contributed by atoms with E-state index in [1.165, 1.54) is 0 Å². The van der Waals surface area contributed by atoms with Crippen LogP contribution in [0.15, 0.2) is 30.3 Å². The Hall–Kier alpha value is -2.24. The highest BCUT2D eigenvalue weighted by Crippen LogP contribution is 2.21. The highest BCUT2D eigenvalue weighted by Gasteiger charge is 2.32. The van der Waals surface area contributed by atoms with Gasteiger partial charge in [-0.2, -0.15) is 0 Å². The molecule has 0 radical (unpaired) electrons. The molecule has 6 heteroatoms. The van der Waals surface area contributed by atoms with Crippen molar-refractivity contribution in [3.63, 3.8) is 0 Å². The number of benzene rings is 1. The molecule has 0 saturated carbocycles. The smallest absolute Gasteiger partial charge is 0.410 e. The summed E-state index contributed by atoms with van der Waals surface area (Å²) in [7, 11) is 0.